The second kappa shape index (κ2) is 11.7. The normalized spacial score (nSPS) is 17.3. The SMILES string of the molecule is C#CC(O)(c1ccc(OC(C)(C)CCOC(C)(C)S(C)(C)C(C)(C)C)cc1)c1ccc(N2CCOCC2)cc1. The van der Waals surface area contributed by atoms with Gasteiger partial charge in [-0.2, -0.15) is 0 Å². The molecular weight excluding hydrogens is 506 g/mol. The number of ether oxygens (including phenoxy) is 3. The first kappa shape index (κ1) is 31.4. The minimum Gasteiger partial charge on any atom is -0.488 e. The molecule has 0 radical (unpaired) electrons. The molecule has 1 heterocycles. The van der Waals surface area contributed by atoms with Crippen LogP contribution in [-0.4, -0.2) is 65.8 Å². The lowest BCUT2D eigenvalue weighted by atomic mass is 9.87. The van der Waals surface area contributed by atoms with E-state index in [0.717, 1.165) is 44.2 Å². The number of terminal acetylenes is 1. The molecule has 0 spiro atoms. The number of morpholine rings is 1. The van der Waals surface area contributed by atoms with Gasteiger partial charge in [-0.05, 0) is 69.2 Å². The smallest absolute Gasteiger partial charge is 0.176 e. The van der Waals surface area contributed by atoms with Gasteiger partial charge in [-0.25, -0.2) is 10.0 Å². The summed E-state index contributed by atoms with van der Waals surface area (Å²) in [7, 11) is -1.02. The number of hydrogen-bond acceptors (Lipinski definition) is 5. The quantitative estimate of drug-likeness (QED) is 0.337. The summed E-state index contributed by atoms with van der Waals surface area (Å²) in [4.78, 5) is 2.07. The minimum absolute atomic E-state index is 0.190. The van der Waals surface area contributed by atoms with Crippen molar-refractivity contribution in [1.82, 2.24) is 0 Å². The topological polar surface area (TPSA) is 51.2 Å². The molecule has 6 heteroatoms. The van der Waals surface area contributed by atoms with Crippen molar-refractivity contribution in [1.29, 1.82) is 0 Å². The standard InChI is InChI=1S/C33H49NO4S/c1-11-33(35,26-12-16-28(17-13-26)34-21-24-36-25-22-34)27-14-18-29(19-15-27)38-31(5,6)20-23-37-32(7,8)39(9,10)30(2,3)4/h1,12-19,35H,20-25H2,2-10H3. The maximum atomic E-state index is 11.5. The fraction of sp³-hybridized carbons (Fsp3) is 0.576. The summed E-state index contributed by atoms with van der Waals surface area (Å²) in [5.74, 6) is 3.34. The number of anilines is 1. The molecule has 0 amide bonds. The lowest BCUT2D eigenvalue weighted by Gasteiger charge is -2.55. The Labute approximate surface area is 238 Å². The van der Waals surface area contributed by atoms with Crippen LogP contribution in [0.15, 0.2) is 48.5 Å². The van der Waals surface area contributed by atoms with E-state index in [1.165, 1.54) is 0 Å². The molecule has 2 aromatic rings. The van der Waals surface area contributed by atoms with E-state index < -0.39 is 21.2 Å². The Kier molecular flexibility index (Phi) is 9.45. The van der Waals surface area contributed by atoms with E-state index in [0.29, 0.717) is 17.7 Å². The third-order valence-corrected chi connectivity index (χ3v) is 14.1. The second-order valence-electron chi connectivity index (χ2n) is 12.8. The van der Waals surface area contributed by atoms with Gasteiger partial charge in [0.25, 0.3) is 0 Å². The summed E-state index contributed by atoms with van der Waals surface area (Å²) in [6.07, 6.45) is 11.3. The molecule has 3 rings (SSSR count). The maximum absolute atomic E-state index is 11.5. The van der Waals surface area contributed by atoms with Crippen LogP contribution in [0.2, 0.25) is 0 Å². The van der Waals surface area contributed by atoms with E-state index in [-0.39, 0.29) is 9.68 Å². The Bertz CT molecular complexity index is 1120. The predicted octanol–water partition coefficient (Wildman–Crippen LogP) is 6.56. The lowest BCUT2D eigenvalue weighted by Crippen LogP contribution is -2.42. The molecule has 1 unspecified atom stereocenters. The van der Waals surface area contributed by atoms with E-state index in [4.69, 9.17) is 20.6 Å². The Hall–Kier alpha value is -2.17. The molecule has 1 atom stereocenters. The highest BCUT2D eigenvalue weighted by atomic mass is 32.3. The molecule has 1 saturated heterocycles. The maximum Gasteiger partial charge on any atom is 0.176 e. The van der Waals surface area contributed by atoms with Crippen molar-refractivity contribution in [2.45, 2.75) is 75.8 Å². The van der Waals surface area contributed by atoms with E-state index in [1.54, 1.807) is 0 Å². The summed E-state index contributed by atoms with van der Waals surface area (Å²) in [5, 5.41) is 11.5. The monoisotopic (exact) mass is 555 g/mol. The summed E-state index contributed by atoms with van der Waals surface area (Å²) in [6.45, 7) is 19.2. The van der Waals surface area contributed by atoms with Crippen LogP contribution in [0.25, 0.3) is 0 Å². The van der Waals surface area contributed by atoms with Crippen LogP contribution in [0.3, 0.4) is 0 Å². The largest absolute Gasteiger partial charge is 0.488 e. The number of rotatable bonds is 10. The van der Waals surface area contributed by atoms with Crippen LogP contribution >= 0.6 is 10.0 Å². The van der Waals surface area contributed by atoms with Gasteiger partial charge >= 0.3 is 0 Å². The predicted molar refractivity (Wildman–Crippen MR) is 166 cm³/mol. The average Bonchev–Trinajstić information content (AvgIpc) is 2.88. The molecule has 5 nitrogen and oxygen atoms in total. The van der Waals surface area contributed by atoms with E-state index >= 15 is 0 Å². The second-order valence-corrected chi connectivity index (χ2v) is 17.7. The zero-order chi connectivity index (χ0) is 29.1. The number of benzene rings is 2. The first-order valence-corrected chi connectivity index (χ1v) is 16.3. The van der Waals surface area contributed by atoms with Gasteiger partial charge in [-0.3, -0.25) is 0 Å². The molecule has 2 aromatic carbocycles. The molecule has 1 fully saturated rings. The molecule has 1 aliphatic heterocycles. The molecule has 39 heavy (non-hydrogen) atoms. The number of hydrogen-bond donors (Lipinski definition) is 1. The van der Waals surface area contributed by atoms with Gasteiger partial charge in [0.05, 0.1) is 24.8 Å². The van der Waals surface area contributed by atoms with Crippen molar-refractivity contribution < 1.29 is 19.3 Å². The zero-order valence-electron chi connectivity index (χ0n) is 25.5. The van der Waals surface area contributed by atoms with Gasteiger partial charge in [0, 0.05) is 36.3 Å². The highest BCUT2D eigenvalue weighted by Crippen LogP contribution is 2.62. The number of aliphatic hydroxyl groups is 1. The molecule has 0 aliphatic carbocycles. The van der Waals surface area contributed by atoms with E-state index in [1.807, 2.05) is 48.5 Å². The molecule has 1 N–H and O–H groups in total. The highest BCUT2D eigenvalue weighted by molar-refractivity contribution is 8.34. The van der Waals surface area contributed by atoms with E-state index in [9.17, 15) is 5.11 Å². The average molecular weight is 556 g/mol. The van der Waals surface area contributed by atoms with Gasteiger partial charge < -0.3 is 24.2 Å². The molecule has 1 aliphatic rings. The zero-order valence-corrected chi connectivity index (χ0v) is 26.3. The molecule has 0 saturated carbocycles. The van der Waals surface area contributed by atoms with Crippen LogP contribution in [-0.2, 0) is 15.1 Å². The Balaban J connectivity index is 1.64. The van der Waals surface area contributed by atoms with Crippen molar-refractivity contribution in [2.75, 3.05) is 50.3 Å². The van der Waals surface area contributed by atoms with Crippen LogP contribution in [0.1, 0.15) is 66.0 Å². The minimum atomic E-state index is -1.53. The Morgan fingerprint density at radius 1 is 0.897 bits per heavy atom. The summed E-state index contributed by atoms with van der Waals surface area (Å²) < 4.78 is 18.4. The van der Waals surface area contributed by atoms with Crippen molar-refractivity contribution in [3.8, 4) is 18.1 Å². The lowest BCUT2D eigenvalue weighted by molar-refractivity contribution is 0.00570. The van der Waals surface area contributed by atoms with Gasteiger partial charge in [0.2, 0.25) is 0 Å². The van der Waals surface area contributed by atoms with Gasteiger partial charge in [-0.1, -0.05) is 51.0 Å². The van der Waals surface area contributed by atoms with Crippen LogP contribution < -0.4 is 9.64 Å². The third-order valence-electron chi connectivity index (χ3n) is 8.45. The summed E-state index contributed by atoms with van der Waals surface area (Å²) in [5.41, 5.74) is 0.446. The molecule has 0 bridgehead atoms. The van der Waals surface area contributed by atoms with Gasteiger partial charge in [0.15, 0.2) is 5.60 Å². The van der Waals surface area contributed by atoms with E-state index in [2.05, 4.69) is 71.8 Å². The highest BCUT2D eigenvalue weighted by Gasteiger charge is 2.42. The van der Waals surface area contributed by atoms with Gasteiger partial charge in [0.1, 0.15) is 11.4 Å². The van der Waals surface area contributed by atoms with Crippen LogP contribution in [0.4, 0.5) is 5.69 Å². The Morgan fingerprint density at radius 3 is 1.90 bits per heavy atom. The molecule has 216 valence electrons. The van der Waals surface area contributed by atoms with Crippen molar-refractivity contribution in [2.24, 2.45) is 0 Å². The summed E-state index contributed by atoms with van der Waals surface area (Å²) in [6, 6.07) is 15.3. The molecular formula is C33H49NO4S. The van der Waals surface area contributed by atoms with Gasteiger partial charge in [-0.15, -0.1) is 6.42 Å². The molecule has 0 aromatic heterocycles. The fourth-order valence-electron chi connectivity index (χ4n) is 4.63. The third kappa shape index (κ3) is 7.13. The van der Waals surface area contributed by atoms with Crippen molar-refractivity contribution in [3.63, 3.8) is 0 Å². The van der Waals surface area contributed by atoms with Crippen molar-refractivity contribution >= 4 is 15.7 Å². The fourth-order valence-corrected chi connectivity index (χ4v) is 6.48. The van der Waals surface area contributed by atoms with Crippen molar-refractivity contribution in [3.05, 3.63) is 59.7 Å². The first-order valence-electron chi connectivity index (χ1n) is 13.8. The first-order chi connectivity index (χ1) is 18.0. The van der Waals surface area contributed by atoms with Crippen LogP contribution in [0.5, 0.6) is 5.75 Å². The summed E-state index contributed by atoms with van der Waals surface area (Å²) >= 11 is 0. The van der Waals surface area contributed by atoms with Crippen LogP contribution in [0, 0.1) is 12.3 Å². The Morgan fingerprint density at radius 2 is 1.41 bits per heavy atom. The number of nitrogens with zero attached hydrogens (tertiary/aromatic N) is 1.